The summed E-state index contributed by atoms with van der Waals surface area (Å²) in [5.74, 6) is 0.993. The molecule has 22 heavy (non-hydrogen) atoms. The van der Waals surface area contributed by atoms with Gasteiger partial charge in [-0.3, -0.25) is 4.90 Å². The Kier molecular flexibility index (Phi) is 5.01. The number of rotatable bonds is 5. The van der Waals surface area contributed by atoms with Gasteiger partial charge < -0.3 is 14.2 Å². The molecule has 2 aliphatic rings. The minimum absolute atomic E-state index is 0.297. The van der Waals surface area contributed by atoms with Crippen LogP contribution in [0.3, 0.4) is 0 Å². The smallest absolute Gasteiger partial charge is 0.123 e. The summed E-state index contributed by atoms with van der Waals surface area (Å²) in [6.45, 7) is 4.89. The van der Waals surface area contributed by atoms with Crippen molar-refractivity contribution in [3.05, 3.63) is 29.8 Å². The maximum absolute atomic E-state index is 5.91. The first-order chi connectivity index (χ1) is 10.7. The van der Waals surface area contributed by atoms with Gasteiger partial charge in [0.05, 0.1) is 26.4 Å². The average Bonchev–Trinajstić information content (AvgIpc) is 2.93. The van der Waals surface area contributed by atoms with E-state index < -0.39 is 0 Å². The molecule has 4 nitrogen and oxygen atoms in total. The van der Waals surface area contributed by atoms with Crippen LogP contribution < -0.4 is 4.74 Å². The standard InChI is InChI=1S/C18H27NO3/c1-20-13-16-11-18(14-22-16)7-9-19(10-8-18)12-15-5-3-4-6-17(15)21-2/h3-6,16H,7-14H2,1-2H3/t16-/m0/s1. The van der Waals surface area contributed by atoms with Crippen LogP contribution in [0.1, 0.15) is 24.8 Å². The van der Waals surface area contributed by atoms with Gasteiger partial charge in [-0.15, -0.1) is 0 Å². The van der Waals surface area contributed by atoms with Crippen LogP contribution in [0.15, 0.2) is 24.3 Å². The maximum atomic E-state index is 5.91. The van der Waals surface area contributed by atoms with E-state index in [4.69, 9.17) is 14.2 Å². The van der Waals surface area contributed by atoms with Gasteiger partial charge in [0.15, 0.2) is 0 Å². The first-order valence-corrected chi connectivity index (χ1v) is 8.19. The second-order valence-electron chi connectivity index (χ2n) is 6.68. The second kappa shape index (κ2) is 6.99. The maximum Gasteiger partial charge on any atom is 0.123 e. The predicted molar refractivity (Wildman–Crippen MR) is 86.2 cm³/mol. The molecule has 1 aromatic carbocycles. The van der Waals surface area contributed by atoms with Gasteiger partial charge in [0.2, 0.25) is 0 Å². The number of benzene rings is 1. The van der Waals surface area contributed by atoms with E-state index in [0.717, 1.165) is 45.0 Å². The lowest BCUT2D eigenvalue weighted by Crippen LogP contribution is -2.40. The molecule has 1 atom stereocenters. The monoisotopic (exact) mass is 305 g/mol. The highest BCUT2D eigenvalue weighted by Crippen LogP contribution is 2.42. The van der Waals surface area contributed by atoms with Crippen molar-refractivity contribution in [3.8, 4) is 5.75 Å². The Balaban J connectivity index is 1.54. The zero-order chi connectivity index (χ0) is 15.4. The quantitative estimate of drug-likeness (QED) is 0.837. The Morgan fingerprint density at radius 1 is 1.23 bits per heavy atom. The van der Waals surface area contributed by atoms with Crippen molar-refractivity contribution in [1.82, 2.24) is 4.90 Å². The van der Waals surface area contributed by atoms with Crippen LogP contribution in [0.5, 0.6) is 5.75 Å². The molecule has 1 spiro atoms. The lowest BCUT2D eigenvalue weighted by molar-refractivity contribution is 0.0284. The molecule has 0 saturated carbocycles. The van der Waals surface area contributed by atoms with Gasteiger partial charge in [0.25, 0.3) is 0 Å². The molecule has 122 valence electrons. The number of hydrogen-bond donors (Lipinski definition) is 0. The summed E-state index contributed by atoms with van der Waals surface area (Å²) in [6, 6.07) is 8.32. The SMILES string of the molecule is COC[C@@H]1CC2(CCN(Cc3ccccc3OC)CC2)CO1. The van der Waals surface area contributed by atoms with Gasteiger partial charge in [-0.25, -0.2) is 0 Å². The Hall–Kier alpha value is -1.10. The summed E-state index contributed by atoms with van der Waals surface area (Å²) < 4.78 is 16.6. The van der Waals surface area contributed by atoms with E-state index in [1.807, 2.05) is 12.1 Å². The molecular formula is C18H27NO3. The molecule has 2 fully saturated rings. The van der Waals surface area contributed by atoms with Crippen molar-refractivity contribution in [1.29, 1.82) is 0 Å². The molecule has 1 aromatic rings. The summed E-state index contributed by atoms with van der Waals surface area (Å²) >= 11 is 0. The molecule has 0 bridgehead atoms. The topological polar surface area (TPSA) is 30.9 Å². The molecule has 0 radical (unpaired) electrons. The summed E-state index contributed by atoms with van der Waals surface area (Å²) in [5.41, 5.74) is 1.67. The number of likely N-dealkylation sites (tertiary alicyclic amines) is 1. The predicted octanol–water partition coefficient (Wildman–Crippen LogP) is 2.71. The largest absolute Gasteiger partial charge is 0.496 e. The summed E-state index contributed by atoms with van der Waals surface area (Å²) in [7, 11) is 3.50. The first-order valence-electron chi connectivity index (χ1n) is 8.19. The lowest BCUT2D eigenvalue weighted by Gasteiger charge is -2.38. The average molecular weight is 305 g/mol. The molecule has 0 N–H and O–H groups in total. The third-order valence-corrected chi connectivity index (χ3v) is 5.14. The fourth-order valence-electron chi connectivity index (χ4n) is 3.80. The van der Waals surface area contributed by atoms with Gasteiger partial charge in [-0.2, -0.15) is 0 Å². The summed E-state index contributed by atoms with van der Waals surface area (Å²) in [4.78, 5) is 2.53. The first kappa shape index (κ1) is 15.8. The van der Waals surface area contributed by atoms with Crippen molar-refractivity contribution < 1.29 is 14.2 Å². The Morgan fingerprint density at radius 2 is 2.00 bits per heavy atom. The summed E-state index contributed by atoms with van der Waals surface area (Å²) in [5, 5.41) is 0. The second-order valence-corrected chi connectivity index (χ2v) is 6.68. The third-order valence-electron chi connectivity index (χ3n) is 5.14. The van der Waals surface area contributed by atoms with Crippen molar-refractivity contribution in [2.24, 2.45) is 5.41 Å². The molecule has 2 heterocycles. The molecule has 2 aliphatic heterocycles. The normalized spacial score (nSPS) is 24.7. The highest BCUT2D eigenvalue weighted by molar-refractivity contribution is 5.33. The molecular weight excluding hydrogens is 278 g/mol. The van der Waals surface area contributed by atoms with Gasteiger partial charge >= 0.3 is 0 Å². The molecule has 0 aliphatic carbocycles. The van der Waals surface area contributed by atoms with E-state index in [2.05, 4.69) is 17.0 Å². The molecule has 0 aromatic heterocycles. The number of piperidine rings is 1. The summed E-state index contributed by atoms with van der Waals surface area (Å²) in [6.07, 6.45) is 3.90. The lowest BCUT2D eigenvalue weighted by atomic mass is 9.76. The molecule has 2 saturated heterocycles. The number of ether oxygens (including phenoxy) is 3. The van der Waals surface area contributed by atoms with E-state index in [1.165, 1.54) is 18.4 Å². The fourth-order valence-corrected chi connectivity index (χ4v) is 3.80. The highest BCUT2D eigenvalue weighted by atomic mass is 16.5. The Labute approximate surface area is 133 Å². The van der Waals surface area contributed by atoms with E-state index in [9.17, 15) is 0 Å². The van der Waals surface area contributed by atoms with Gasteiger partial charge in [0, 0.05) is 19.2 Å². The number of nitrogens with zero attached hydrogens (tertiary/aromatic N) is 1. The van der Waals surface area contributed by atoms with Crippen LogP contribution in [0.2, 0.25) is 0 Å². The van der Waals surface area contributed by atoms with E-state index in [-0.39, 0.29) is 0 Å². The Morgan fingerprint density at radius 3 is 2.73 bits per heavy atom. The molecule has 3 rings (SSSR count). The number of methoxy groups -OCH3 is 2. The zero-order valence-corrected chi connectivity index (χ0v) is 13.7. The highest BCUT2D eigenvalue weighted by Gasteiger charge is 2.42. The number of para-hydroxylation sites is 1. The van der Waals surface area contributed by atoms with Gasteiger partial charge in [-0.1, -0.05) is 18.2 Å². The van der Waals surface area contributed by atoms with Gasteiger partial charge in [0.1, 0.15) is 5.75 Å². The minimum atomic E-state index is 0.297. The molecule has 0 unspecified atom stereocenters. The van der Waals surface area contributed by atoms with E-state index in [0.29, 0.717) is 11.5 Å². The van der Waals surface area contributed by atoms with Crippen molar-refractivity contribution in [3.63, 3.8) is 0 Å². The molecule has 0 amide bonds. The van der Waals surface area contributed by atoms with E-state index >= 15 is 0 Å². The zero-order valence-electron chi connectivity index (χ0n) is 13.7. The fraction of sp³-hybridized carbons (Fsp3) is 0.667. The van der Waals surface area contributed by atoms with Gasteiger partial charge in [-0.05, 0) is 43.8 Å². The van der Waals surface area contributed by atoms with Crippen LogP contribution in [-0.4, -0.2) is 51.5 Å². The van der Waals surface area contributed by atoms with Crippen molar-refractivity contribution >= 4 is 0 Å². The number of hydrogen-bond acceptors (Lipinski definition) is 4. The molecule has 4 heteroatoms. The minimum Gasteiger partial charge on any atom is -0.496 e. The van der Waals surface area contributed by atoms with Crippen LogP contribution in [0.25, 0.3) is 0 Å². The van der Waals surface area contributed by atoms with Crippen molar-refractivity contribution in [2.45, 2.75) is 31.9 Å². The van der Waals surface area contributed by atoms with Crippen LogP contribution >= 0.6 is 0 Å². The Bertz CT molecular complexity index is 483. The van der Waals surface area contributed by atoms with Crippen LogP contribution in [-0.2, 0) is 16.0 Å². The van der Waals surface area contributed by atoms with Crippen LogP contribution in [0, 0.1) is 5.41 Å². The van der Waals surface area contributed by atoms with E-state index in [1.54, 1.807) is 14.2 Å². The third kappa shape index (κ3) is 3.45. The van der Waals surface area contributed by atoms with Crippen LogP contribution in [0.4, 0.5) is 0 Å². The van der Waals surface area contributed by atoms with Crippen molar-refractivity contribution in [2.75, 3.05) is 40.5 Å².